The van der Waals surface area contributed by atoms with Gasteiger partial charge in [0.15, 0.2) is 0 Å². The highest BCUT2D eigenvalue weighted by atomic mass is 32.1. The van der Waals surface area contributed by atoms with E-state index in [1.807, 2.05) is 6.92 Å². The number of carbonyl (C=O) groups is 1. The van der Waals surface area contributed by atoms with Crippen LogP contribution in [0, 0.1) is 5.82 Å². The molecule has 1 amide bonds. The van der Waals surface area contributed by atoms with Gasteiger partial charge in [0, 0.05) is 13.6 Å². The molecule has 1 heterocycles. The molecule has 0 saturated carbocycles. The first-order valence-electron chi connectivity index (χ1n) is 6.23. The number of hydrogen-bond acceptors (Lipinski definition) is 5. The van der Waals surface area contributed by atoms with Crippen molar-refractivity contribution in [1.82, 2.24) is 10.2 Å². The minimum Gasteiger partial charge on any atom is -0.360 e. The molecule has 1 aromatic carbocycles. The van der Waals surface area contributed by atoms with E-state index in [2.05, 4.69) is 15.5 Å². The Balaban J connectivity index is 2.14. The van der Waals surface area contributed by atoms with Gasteiger partial charge in [-0.25, -0.2) is 4.39 Å². The number of halogens is 1. The number of para-hydroxylation sites is 1. The molecule has 0 aliphatic carbocycles. The highest BCUT2D eigenvalue weighted by molar-refractivity contribution is 7.17. The average Bonchev–Trinajstić information content (AvgIpc) is 2.93. The largest absolute Gasteiger partial charge is 0.360 e. The lowest BCUT2D eigenvalue weighted by Crippen LogP contribution is -2.26. The van der Waals surface area contributed by atoms with Crippen LogP contribution in [0.3, 0.4) is 0 Å². The summed E-state index contributed by atoms with van der Waals surface area (Å²) in [5, 5.41) is 11.6. The Labute approximate surface area is 120 Å². The van der Waals surface area contributed by atoms with Crippen molar-refractivity contribution in [3.63, 3.8) is 0 Å². The summed E-state index contributed by atoms with van der Waals surface area (Å²) >= 11 is 1.16. The fourth-order valence-corrected chi connectivity index (χ4v) is 2.33. The summed E-state index contributed by atoms with van der Waals surface area (Å²) in [7, 11) is 1.52. The minimum absolute atomic E-state index is 0.218. The Hall–Kier alpha value is -2.02. The number of amides is 1. The highest BCUT2D eigenvalue weighted by Crippen LogP contribution is 2.22. The summed E-state index contributed by atoms with van der Waals surface area (Å²) in [6, 6.07) is 6.11. The van der Waals surface area contributed by atoms with Crippen molar-refractivity contribution < 1.29 is 9.18 Å². The molecule has 0 fully saturated rings. The lowest BCUT2D eigenvalue weighted by atomic mass is 10.3. The number of anilines is 2. The highest BCUT2D eigenvalue weighted by Gasteiger charge is 2.20. The monoisotopic (exact) mass is 294 g/mol. The Morgan fingerprint density at radius 2 is 2.15 bits per heavy atom. The van der Waals surface area contributed by atoms with E-state index in [9.17, 15) is 9.18 Å². The van der Waals surface area contributed by atoms with E-state index in [0.717, 1.165) is 24.3 Å². The number of hydrogen-bond donors (Lipinski definition) is 1. The molecule has 20 heavy (non-hydrogen) atoms. The molecule has 0 saturated heterocycles. The zero-order chi connectivity index (χ0) is 14.5. The van der Waals surface area contributed by atoms with Gasteiger partial charge in [0.1, 0.15) is 5.82 Å². The van der Waals surface area contributed by atoms with Crippen LogP contribution >= 0.6 is 11.3 Å². The van der Waals surface area contributed by atoms with Gasteiger partial charge >= 0.3 is 0 Å². The van der Waals surface area contributed by atoms with Crippen LogP contribution in [-0.2, 0) is 0 Å². The van der Waals surface area contributed by atoms with Gasteiger partial charge < -0.3 is 10.2 Å². The molecular weight excluding hydrogens is 279 g/mol. The first-order valence-corrected chi connectivity index (χ1v) is 7.05. The van der Waals surface area contributed by atoms with Gasteiger partial charge in [-0.15, -0.1) is 10.2 Å². The predicted molar refractivity (Wildman–Crippen MR) is 77.8 cm³/mol. The quantitative estimate of drug-likeness (QED) is 0.921. The van der Waals surface area contributed by atoms with Gasteiger partial charge in [0.25, 0.3) is 5.91 Å². The summed E-state index contributed by atoms with van der Waals surface area (Å²) < 4.78 is 13.6. The van der Waals surface area contributed by atoms with E-state index in [0.29, 0.717) is 5.13 Å². The molecule has 0 unspecified atom stereocenters. The third-order valence-corrected chi connectivity index (χ3v) is 3.52. The van der Waals surface area contributed by atoms with E-state index in [1.165, 1.54) is 18.0 Å². The number of carbonyl (C=O) groups excluding carboxylic acids is 1. The zero-order valence-electron chi connectivity index (χ0n) is 11.3. The Bertz CT molecular complexity index is 602. The van der Waals surface area contributed by atoms with Gasteiger partial charge in [-0.2, -0.15) is 0 Å². The molecule has 2 aromatic rings. The van der Waals surface area contributed by atoms with Crippen LogP contribution in [0.4, 0.5) is 15.2 Å². The molecule has 7 heteroatoms. The SMILES string of the molecule is CCCNc1nnc(C(=O)N(C)c2ccccc2F)s1. The Kier molecular flexibility index (Phi) is 4.62. The maximum atomic E-state index is 13.6. The number of nitrogens with zero attached hydrogens (tertiary/aromatic N) is 3. The van der Waals surface area contributed by atoms with Crippen LogP contribution in [0.15, 0.2) is 24.3 Å². The molecule has 106 valence electrons. The first-order chi connectivity index (χ1) is 9.63. The number of aromatic nitrogens is 2. The first kappa shape index (κ1) is 14.4. The molecule has 2 rings (SSSR count). The van der Waals surface area contributed by atoms with Crippen LogP contribution in [-0.4, -0.2) is 29.7 Å². The smallest absolute Gasteiger partial charge is 0.289 e. The van der Waals surface area contributed by atoms with Crippen molar-refractivity contribution in [1.29, 1.82) is 0 Å². The number of rotatable bonds is 5. The maximum absolute atomic E-state index is 13.6. The van der Waals surface area contributed by atoms with E-state index in [-0.39, 0.29) is 16.6 Å². The average molecular weight is 294 g/mol. The molecule has 0 aliphatic rings. The third-order valence-electron chi connectivity index (χ3n) is 2.65. The summed E-state index contributed by atoms with van der Waals surface area (Å²) in [6.45, 7) is 2.80. The fraction of sp³-hybridized carbons (Fsp3) is 0.308. The second-order valence-electron chi connectivity index (χ2n) is 4.15. The van der Waals surface area contributed by atoms with Crippen LogP contribution in [0.2, 0.25) is 0 Å². The van der Waals surface area contributed by atoms with E-state index < -0.39 is 5.82 Å². The van der Waals surface area contributed by atoms with Crippen LogP contribution < -0.4 is 10.2 Å². The van der Waals surface area contributed by atoms with Crippen molar-refractivity contribution in [2.75, 3.05) is 23.8 Å². The van der Waals surface area contributed by atoms with Gasteiger partial charge in [-0.1, -0.05) is 30.4 Å². The summed E-state index contributed by atoms with van der Waals surface area (Å²) in [4.78, 5) is 13.5. The van der Waals surface area contributed by atoms with Gasteiger partial charge in [0.2, 0.25) is 10.1 Å². The van der Waals surface area contributed by atoms with Gasteiger partial charge in [0.05, 0.1) is 5.69 Å². The van der Waals surface area contributed by atoms with E-state index in [4.69, 9.17) is 0 Å². The van der Waals surface area contributed by atoms with E-state index >= 15 is 0 Å². The molecule has 1 N–H and O–H groups in total. The number of benzene rings is 1. The molecule has 5 nitrogen and oxygen atoms in total. The minimum atomic E-state index is -0.447. The molecule has 0 bridgehead atoms. The summed E-state index contributed by atoms with van der Waals surface area (Å²) in [6.07, 6.45) is 0.956. The molecule has 0 aliphatic heterocycles. The van der Waals surface area contributed by atoms with Crippen LogP contribution in [0.25, 0.3) is 0 Å². The van der Waals surface area contributed by atoms with Crippen molar-refractivity contribution in [3.05, 3.63) is 35.1 Å². The standard InChI is InChI=1S/C13H15FN4OS/c1-3-8-15-13-17-16-11(20-13)12(19)18(2)10-7-5-4-6-9(10)14/h4-7H,3,8H2,1-2H3,(H,15,17). The van der Waals surface area contributed by atoms with Crippen LogP contribution in [0.5, 0.6) is 0 Å². The van der Waals surface area contributed by atoms with Crippen molar-refractivity contribution >= 4 is 28.1 Å². The Morgan fingerprint density at radius 1 is 1.40 bits per heavy atom. The third kappa shape index (κ3) is 3.11. The Morgan fingerprint density at radius 3 is 2.85 bits per heavy atom. The molecule has 0 atom stereocenters. The lowest BCUT2D eigenvalue weighted by molar-refractivity contribution is 0.0991. The normalized spacial score (nSPS) is 10.3. The molecule has 1 aromatic heterocycles. The zero-order valence-corrected chi connectivity index (χ0v) is 12.1. The van der Waals surface area contributed by atoms with Gasteiger partial charge in [-0.05, 0) is 18.6 Å². The van der Waals surface area contributed by atoms with Crippen LogP contribution in [0.1, 0.15) is 23.1 Å². The molecular formula is C13H15FN4OS. The maximum Gasteiger partial charge on any atom is 0.289 e. The van der Waals surface area contributed by atoms with Crippen molar-refractivity contribution in [2.24, 2.45) is 0 Å². The predicted octanol–water partition coefficient (Wildman–Crippen LogP) is 2.78. The van der Waals surface area contributed by atoms with Crippen molar-refractivity contribution in [3.8, 4) is 0 Å². The lowest BCUT2D eigenvalue weighted by Gasteiger charge is -2.15. The molecule has 0 spiro atoms. The molecule has 0 radical (unpaired) electrons. The van der Waals surface area contributed by atoms with Gasteiger partial charge in [-0.3, -0.25) is 4.79 Å². The topological polar surface area (TPSA) is 58.1 Å². The fourth-order valence-electron chi connectivity index (χ4n) is 1.59. The number of nitrogens with one attached hydrogen (secondary N) is 1. The summed E-state index contributed by atoms with van der Waals surface area (Å²) in [5.74, 6) is -0.825. The second kappa shape index (κ2) is 6.42. The second-order valence-corrected chi connectivity index (χ2v) is 5.13. The summed E-state index contributed by atoms with van der Waals surface area (Å²) in [5.41, 5.74) is 0.218. The van der Waals surface area contributed by atoms with E-state index in [1.54, 1.807) is 18.2 Å². The van der Waals surface area contributed by atoms with Crippen molar-refractivity contribution in [2.45, 2.75) is 13.3 Å².